The Morgan fingerprint density at radius 3 is 1.91 bits per heavy atom. The fourth-order valence-electron chi connectivity index (χ4n) is 6.39. The second kappa shape index (κ2) is 7.27. The molecule has 4 aromatic rings. The zero-order valence-electron chi connectivity index (χ0n) is 18.3. The molecule has 1 saturated carbocycles. The summed E-state index contributed by atoms with van der Waals surface area (Å²) < 4.78 is 0. The van der Waals surface area contributed by atoms with Crippen LogP contribution in [0.25, 0.3) is 21.8 Å². The number of carbonyl (C=O) groups excluding carboxylic acids is 2. The maximum absolute atomic E-state index is 13.3. The van der Waals surface area contributed by atoms with E-state index in [0.29, 0.717) is 39.8 Å². The number of rotatable bonds is 2. The number of fused-ring (bicyclic) bond motifs is 6. The van der Waals surface area contributed by atoms with Gasteiger partial charge in [-0.05, 0) is 76.9 Å². The van der Waals surface area contributed by atoms with Crippen LogP contribution in [-0.2, 0) is 0 Å². The number of aromatic amines is 1. The van der Waals surface area contributed by atoms with E-state index in [1.807, 2.05) is 58.3 Å². The molecule has 3 aromatic carbocycles. The molecular formula is C26H22ClN5O2. The van der Waals surface area contributed by atoms with Gasteiger partial charge in [-0.15, -0.1) is 0 Å². The van der Waals surface area contributed by atoms with Crippen molar-refractivity contribution >= 4 is 45.2 Å². The van der Waals surface area contributed by atoms with Crippen molar-refractivity contribution in [2.45, 2.75) is 0 Å². The molecule has 3 heterocycles. The predicted molar refractivity (Wildman–Crippen MR) is 129 cm³/mol. The minimum Gasteiger partial charge on any atom is -0.338 e. The molecule has 0 unspecified atom stereocenters. The summed E-state index contributed by atoms with van der Waals surface area (Å²) >= 11 is 6.09. The SMILES string of the molecule is O=C(c1ccc2cc(Cl)ccc2c1)N1C[C@@H]2[C@H](C1)[C@H]1CN(C(=O)c3ccc4n[nH]nc4c3)C[C@@H]21. The van der Waals surface area contributed by atoms with Gasteiger partial charge in [-0.3, -0.25) is 9.59 Å². The van der Waals surface area contributed by atoms with Gasteiger partial charge in [0.05, 0.1) is 0 Å². The molecule has 0 bridgehead atoms. The molecule has 0 spiro atoms. The van der Waals surface area contributed by atoms with E-state index in [2.05, 4.69) is 15.4 Å². The van der Waals surface area contributed by atoms with E-state index in [0.717, 1.165) is 48.0 Å². The highest BCUT2D eigenvalue weighted by molar-refractivity contribution is 6.31. The van der Waals surface area contributed by atoms with Crippen LogP contribution in [0.4, 0.5) is 0 Å². The molecule has 8 heteroatoms. The Balaban J connectivity index is 1.04. The lowest BCUT2D eigenvalue weighted by Crippen LogP contribution is -2.44. The first-order valence-corrected chi connectivity index (χ1v) is 12.0. The Kier molecular flexibility index (Phi) is 4.27. The van der Waals surface area contributed by atoms with Gasteiger partial charge in [-0.2, -0.15) is 15.4 Å². The van der Waals surface area contributed by atoms with Crippen molar-refractivity contribution in [1.29, 1.82) is 0 Å². The molecular weight excluding hydrogens is 450 g/mol. The van der Waals surface area contributed by atoms with Crippen molar-refractivity contribution in [1.82, 2.24) is 25.2 Å². The molecule has 1 aromatic heterocycles. The van der Waals surface area contributed by atoms with E-state index in [1.165, 1.54) is 0 Å². The van der Waals surface area contributed by atoms with Crippen molar-refractivity contribution in [2.24, 2.45) is 23.7 Å². The molecule has 4 atom stereocenters. The van der Waals surface area contributed by atoms with Gasteiger partial charge in [-0.25, -0.2) is 0 Å². The topological polar surface area (TPSA) is 82.2 Å². The Hall–Kier alpha value is -3.45. The predicted octanol–water partition coefficient (Wildman–Crippen LogP) is 3.85. The van der Waals surface area contributed by atoms with Gasteiger partial charge in [0.15, 0.2) is 0 Å². The van der Waals surface area contributed by atoms with Gasteiger partial charge in [0, 0.05) is 42.3 Å². The average molecular weight is 472 g/mol. The van der Waals surface area contributed by atoms with Gasteiger partial charge in [0.1, 0.15) is 11.0 Å². The molecule has 0 radical (unpaired) electrons. The summed E-state index contributed by atoms with van der Waals surface area (Å²) in [6.45, 7) is 3.08. The van der Waals surface area contributed by atoms with E-state index < -0.39 is 0 Å². The summed E-state index contributed by atoms with van der Waals surface area (Å²) in [5.74, 6) is 2.05. The molecule has 1 N–H and O–H groups in total. The van der Waals surface area contributed by atoms with Crippen molar-refractivity contribution in [2.75, 3.05) is 26.2 Å². The third kappa shape index (κ3) is 2.96. The van der Waals surface area contributed by atoms with Gasteiger partial charge >= 0.3 is 0 Å². The second-order valence-electron chi connectivity index (χ2n) is 9.81. The van der Waals surface area contributed by atoms with Gasteiger partial charge in [-0.1, -0.05) is 23.7 Å². The maximum Gasteiger partial charge on any atom is 0.253 e. The highest BCUT2D eigenvalue weighted by Gasteiger charge is 2.59. The number of hydrogen-bond donors (Lipinski definition) is 1. The van der Waals surface area contributed by atoms with E-state index >= 15 is 0 Å². The third-order valence-corrected chi connectivity index (χ3v) is 8.35. The molecule has 7 rings (SSSR count). The maximum atomic E-state index is 13.3. The van der Waals surface area contributed by atoms with Crippen LogP contribution in [0.2, 0.25) is 5.02 Å². The quantitative estimate of drug-likeness (QED) is 0.481. The third-order valence-electron chi connectivity index (χ3n) is 8.11. The summed E-state index contributed by atoms with van der Waals surface area (Å²) in [5, 5.41) is 13.5. The van der Waals surface area contributed by atoms with E-state index in [9.17, 15) is 9.59 Å². The first-order chi connectivity index (χ1) is 16.5. The van der Waals surface area contributed by atoms with Crippen LogP contribution in [-0.4, -0.2) is 63.2 Å². The normalized spacial score (nSPS) is 25.4. The summed E-state index contributed by atoms with van der Waals surface area (Å²) in [6.07, 6.45) is 0. The molecule has 2 saturated heterocycles. The monoisotopic (exact) mass is 471 g/mol. The first kappa shape index (κ1) is 20.0. The van der Waals surface area contributed by atoms with Crippen LogP contribution >= 0.6 is 11.6 Å². The number of aromatic nitrogens is 3. The second-order valence-corrected chi connectivity index (χ2v) is 10.2. The molecule has 3 aliphatic rings. The fourth-order valence-corrected chi connectivity index (χ4v) is 6.57. The molecule has 2 amide bonds. The molecule has 1 aliphatic carbocycles. The zero-order valence-corrected chi connectivity index (χ0v) is 19.1. The highest BCUT2D eigenvalue weighted by Crippen LogP contribution is 2.54. The number of carbonyl (C=O) groups is 2. The Morgan fingerprint density at radius 2 is 1.24 bits per heavy atom. The lowest BCUT2D eigenvalue weighted by molar-refractivity contribution is 0.0629. The van der Waals surface area contributed by atoms with E-state index in [4.69, 9.17) is 11.6 Å². The summed E-state index contributed by atoms with van der Waals surface area (Å²) in [4.78, 5) is 30.4. The number of nitrogens with one attached hydrogen (secondary N) is 1. The standard InChI is InChI=1S/C26H22ClN5O2/c27-18-5-3-14-7-16(2-1-15(14)8-18)25(33)31-10-19-20(11-31)22-13-32(12-21(19)22)26(34)17-4-6-23-24(9-17)29-30-28-23/h1-9,19-22H,10-13H2,(H,28,29,30)/t19-,20+,21+,22-. The molecule has 7 nitrogen and oxygen atoms in total. The van der Waals surface area contributed by atoms with Crippen molar-refractivity contribution in [3.8, 4) is 0 Å². The zero-order chi connectivity index (χ0) is 23.0. The summed E-state index contributed by atoms with van der Waals surface area (Å²) in [5.41, 5.74) is 2.84. The smallest absolute Gasteiger partial charge is 0.253 e. The van der Waals surface area contributed by atoms with E-state index in [-0.39, 0.29) is 11.8 Å². The van der Waals surface area contributed by atoms with Crippen LogP contribution in [0.3, 0.4) is 0 Å². The minimum atomic E-state index is 0.0570. The number of halogens is 1. The number of amides is 2. The number of H-pyrrole nitrogens is 1. The summed E-state index contributed by atoms with van der Waals surface area (Å²) in [7, 11) is 0. The van der Waals surface area contributed by atoms with Crippen molar-refractivity contribution < 1.29 is 9.59 Å². The van der Waals surface area contributed by atoms with Crippen LogP contribution in [0.5, 0.6) is 0 Å². The molecule has 170 valence electrons. The summed E-state index contributed by atoms with van der Waals surface area (Å²) in [6, 6.07) is 17.0. The Labute approximate surface area is 200 Å². The van der Waals surface area contributed by atoms with E-state index in [1.54, 1.807) is 6.07 Å². The lowest BCUT2D eigenvalue weighted by Gasteiger charge is -2.42. The van der Waals surface area contributed by atoms with Crippen molar-refractivity contribution in [3.63, 3.8) is 0 Å². The van der Waals surface area contributed by atoms with Crippen LogP contribution in [0.1, 0.15) is 20.7 Å². The molecule has 2 aliphatic heterocycles. The largest absolute Gasteiger partial charge is 0.338 e. The fraction of sp³-hybridized carbons (Fsp3) is 0.308. The average Bonchev–Trinajstić information content (AvgIpc) is 3.56. The first-order valence-electron chi connectivity index (χ1n) is 11.6. The van der Waals surface area contributed by atoms with Crippen LogP contribution < -0.4 is 0 Å². The highest BCUT2D eigenvalue weighted by atomic mass is 35.5. The van der Waals surface area contributed by atoms with Gasteiger partial charge in [0.25, 0.3) is 11.8 Å². The Morgan fingerprint density at radius 1 is 0.706 bits per heavy atom. The van der Waals surface area contributed by atoms with Crippen molar-refractivity contribution in [3.05, 3.63) is 70.7 Å². The molecule has 3 fully saturated rings. The van der Waals surface area contributed by atoms with Gasteiger partial charge in [0.2, 0.25) is 0 Å². The molecule has 34 heavy (non-hydrogen) atoms. The number of likely N-dealkylation sites (tertiary alicyclic amines) is 2. The van der Waals surface area contributed by atoms with Gasteiger partial charge < -0.3 is 9.80 Å². The lowest BCUT2D eigenvalue weighted by atomic mass is 9.60. The number of benzene rings is 3. The van der Waals surface area contributed by atoms with Crippen LogP contribution in [0, 0.1) is 23.7 Å². The minimum absolute atomic E-state index is 0.0570. The Bertz CT molecular complexity index is 1460. The number of hydrogen-bond acceptors (Lipinski definition) is 4. The number of nitrogens with zero attached hydrogens (tertiary/aromatic N) is 4. The van der Waals surface area contributed by atoms with Crippen LogP contribution in [0.15, 0.2) is 54.6 Å².